The van der Waals surface area contributed by atoms with Crippen LogP contribution in [-0.2, 0) is 16.0 Å². The van der Waals surface area contributed by atoms with Crippen molar-refractivity contribution in [2.75, 3.05) is 6.61 Å². The van der Waals surface area contributed by atoms with Crippen LogP contribution in [0.25, 0.3) is 0 Å². The van der Waals surface area contributed by atoms with Crippen molar-refractivity contribution in [3.05, 3.63) is 59.1 Å². The average molecular weight is 349 g/mol. The quantitative estimate of drug-likeness (QED) is 0.744. The molecule has 1 N–H and O–H groups in total. The molecule has 0 amide bonds. The molecular formula is C19H21ClO4. The van der Waals surface area contributed by atoms with Crippen LogP contribution in [0.1, 0.15) is 19.4 Å². The second kappa shape index (κ2) is 8.71. The minimum atomic E-state index is -0.999. The maximum Gasteiger partial charge on any atom is 0.333 e. The number of rotatable bonds is 8. The summed E-state index contributed by atoms with van der Waals surface area (Å²) in [7, 11) is 0. The number of halogens is 1. The second-order valence-electron chi connectivity index (χ2n) is 5.93. The third-order valence-electron chi connectivity index (χ3n) is 3.31. The first-order valence-electron chi connectivity index (χ1n) is 7.81. The number of carboxylic acids is 1. The molecule has 0 aliphatic heterocycles. The number of benzene rings is 2. The van der Waals surface area contributed by atoms with Gasteiger partial charge in [0.15, 0.2) is 6.10 Å². The van der Waals surface area contributed by atoms with Gasteiger partial charge in [-0.05, 0) is 41.8 Å². The van der Waals surface area contributed by atoms with E-state index in [9.17, 15) is 9.90 Å². The van der Waals surface area contributed by atoms with E-state index in [4.69, 9.17) is 21.1 Å². The van der Waals surface area contributed by atoms with Gasteiger partial charge in [-0.15, -0.1) is 0 Å². The Hall–Kier alpha value is -2.04. The highest BCUT2D eigenvalue weighted by Crippen LogP contribution is 2.29. The van der Waals surface area contributed by atoms with Gasteiger partial charge < -0.3 is 14.6 Å². The van der Waals surface area contributed by atoms with Crippen LogP contribution in [0.3, 0.4) is 0 Å². The van der Waals surface area contributed by atoms with Crippen LogP contribution < -0.4 is 4.74 Å². The van der Waals surface area contributed by atoms with Crippen molar-refractivity contribution in [3.8, 4) is 11.5 Å². The highest BCUT2D eigenvalue weighted by atomic mass is 35.5. The van der Waals surface area contributed by atoms with Gasteiger partial charge in [0.25, 0.3) is 0 Å². The third kappa shape index (κ3) is 5.55. The van der Waals surface area contributed by atoms with E-state index in [-0.39, 0.29) is 12.3 Å². The lowest BCUT2D eigenvalue weighted by molar-refractivity contribution is -0.150. The Morgan fingerprint density at radius 3 is 2.50 bits per heavy atom. The first kappa shape index (κ1) is 18.3. The zero-order valence-corrected chi connectivity index (χ0v) is 14.5. The van der Waals surface area contributed by atoms with Crippen molar-refractivity contribution in [2.45, 2.75) is 26.4 Å². The SMILES string of the molecule is CC(C)COC(Cc1cc(Cl)ccc1Oc1ccccc1)C(=O)O. The lowest BCUT2D eigenvalue weighted by atomic mass is 10.1. The summed E-state index contributed by atoms with van der Waals surface area (Å²) < 4.78 is 11.4. The Morgan fingerprint density at radius 2 is 1.88 bits per heavy atom. The smallest absolute Gasteiger partial charge is 0.333 e. The molecule has 0 aliphatic rings. The molecule has 1 atom stereocenters. The minimum Gasteiger partial charge on any atom is -0.479 e. The zero-order chi connectivity index (χ0) is 17.5. The van der Waals surface area contributed by atoms with Crippen molar-refractivity contribution in [3.63, 3.8) is 0 Å². The normalized spacial score (nSPS) is 12.2. The van der Waals surface area contributed by atoms with Gasteiger partial charge in [-0.25, -0.2) is 4.79 Å². The molecule has 0 heterocycles. The molecule has 2 aromatic rings. The van der Waals surface area contributed by atoms with Crippen molar-refractivity contribution in [2.24, 2.45) is 5.92 Å². The second-order valence-corrected chi connectivity index (χ2v) is 6.36. The summed E-state index contributed by atoms with van der Waals surface area (Å²) in [5.41, 5.74) is 0.697. The van der Waals surface area contributed by atoms with E-state index in [1.165, 1.54) is 0 Å². The van der Waals surface area contributed by atoms with Crippen LogP contribution in [0, 0.1) is 5.92 Å². The molecule has 0 aliphatic carbocycles. The van der Waals surface area contributed by atoms with E-state index in [0.29, 0.717) is 28.7 Å². The van der Waals surface area contributed by atoms with Gasteiger partial charge in [0.2, 0.25) is 0 Å². The zero-order valence-electron chi connectivity index (χ0n) is 13.7. The van der Waals surface area contributed by atoms with Gasteiger partial charge >= 0.3 is 5.97 Å². The molecule has 2 aromatic carbocycles. The number of aliphatic carboxylic acids is 1. The summed E-state index contributed by atoms with van der Waals surface area (Å²) in [5.74, 6) is 0.508. The highest BCUT2D eigenvalue weighted by Gasteiger charge is 2.21. The largest absolute Gasteiger partial charge is 0.479 e. The molecule has 0 bridgehead atoms. The fourth-order valence-electron chi connectivity index (χ4n) is 2.15. The molecule has 0 fully saturated rings. The molecule has 2 rings (SSSR count). The van der Waals surface area contributed by atoms with E-state index in [1.807, 2.05) is 44.2 Å². The van der Waals surface area contributed by atoms with Crippen LogP contribution in [0.2, 0.25) is 5.02 Å². The maximum atomic E-state index is 11.5. The standard InChI is InChI=1S/C19H21ClO4/c1-13(2)12-23-18(19(21)22)11-14-10-15(20)8-9-17(14)24-16-6-4-3-5-7-16/h3-10,13,18H,11-12H2,1-2H3,(H,21,22). The van der Waals surface area contributed by atoms with E-state index in [2.05, 4.69) is 0 Å². The average Bonchev–Trinajstić information content (AvgIpc) is 2.54. The Labute approximate surface area is 147 Å². The topological polar surface area (TPSA) is 55.8 Å². The Morgan fingerprint density at radius 1 is 1.17 bits per heavy atom. The van der Waals surface area contributed by atoms with Crippen LogP contribution in [0.4, 0.5) is 0 Å². The summed E-state index contributed by atoms with van der Waals surface area (Å²) >= 11 is 6.07. The van der Waals surface area contributed by atoms with E-state index >= 15 is 0 Å². The molecule has 24 heavy (non-hydrogen) atoms. The summed E-state index contributed by atoms with van der Waals surface area (Å²) in [5, 5.41) is 9.92. The van der Waals surface area contributed by atoms with Crippen LogP contribution in [0.5, 0.6) is 11.5 Å². The van der Waals surface area contributed by atoms with Crippen molar-refractivity contribution in [1.29, 1.82) is 0 Å². The Kier molecular flexibility index (Phi) is 6.64. The van der Waals surface area contributed by atoms with Crippen molar-refractivity contribution < 1.29 is 19.4 Å². The molecular weight excluding hydrogens is 328 g/mol. The Bertz CT molecular complexity index is 670. The molecule has 0 radical (unpaired) electrons. The summed E-state index contributed by atoms with van der Waals surface area (Å²) in [4.78, 5) is 11.5. The predicted molar refractivity (Wildman–Crippen MR) is 93.9 cm³/mol. The number of ether oxygens (including phenoxy) is 2. The molecule has 1 unspecified atom stereocenters. The van der Waals surface area contributed by atoms with Gasteiger partial charge in [-0.3, -0.25) is 0 Å². The summed E-state index contributed by atoms with van der Waals surface area (Å²) in [6, 6.07) is 14.5. The van der Waals surface area contributed by atoms with Gasteiger partial charge in [-0.2, -0.15) is 0 Å². The lowest BCUT2D eigenvalue weighted by Crippen LogP contribution is -2.28. The van der Waals surface area contributed by atoms with Gasteiger partial charge in [-0.1, -0.05) is 43.6 Å². The number of hydrogen-bond donors (Lipinski definition) is 1. The predicted octanol–water partition coefficient (Wildman–Crippen LogP) is 4.80. The minimum absolute atomic E-state index is 0.185. The third-order valence-corrected chi connectivity index (χ3v) is 3.54. The van der Waals surface area contributed by atoms with Gasteiger partial charge in [0, 0.05) is 11.4 Å². The van der Waals surface area contributed by atoms with Crippen molar-refractivity contribution >= 4 is 17.6 Å². The molecule has 0 saturated heterocycles. The number of carboxylic acid groups (broad SMARTS) is 1. The molecule has 128 valence electrons. The molecule has 5 heteroatoms. The lowest BCUT2D eigenvalue weighted by Gasteiger charge is -2.18. The first-order valence-corrected chi connectivity index (χ1v) is 8.19. The molecule has 0 spiro atoms. The molecule has 0 aromatic heterocycles. The number of para-hydroxylation sites is 1. The first-order chi connectivity index (χ1) is 11.5. The van der Waals surface area contributed by atoms with Gasteiger partial charge in [0.1, 0.15) is 11.5 Å². The van der Waals surface area contributed by atoms with E-state index < -0.39 is 12.1 Å². The Balaban J connectivity index is 2.20. The molecule has 4 nitrogen and oxygen atoms in total. The highest BCUT2D eigenvalue weighted by molar-refractivity contribution is 6.30. The fourth-order valence-corrected chi connectivity index (χ4v) is 2.34. The van der Waals surface area contributed by atoms with E-state index in [0.717, 1.165) is 0 Å². The summed E-state index contributed by atoms with van der Waals surface area (Å²) in [6.07, 6.45) is -0.755. The number of carbonyl (C=O) groups is 1. The number of hydrogen-bond acceptors (Lipinski definition) is 3. The van der Waals surface area contributed by atoms with Crippen LogP contribution >= 0.6 is 11.6 Å². The molecule has 0 saturated carbocycles. The van der Waals surface area contributed by atoms with E-state index in [1.54, 1.807) is 18.2 Å². The monoisotopic (exact) mass is 348 g/mol. The maximum absolute atomic E-state index is 11.5. The fraction of sp³-hybridized carbons (Fsp3) is 0.316. The van der Waals surface area contributed by atoms with Crippen LogP contribution in [-0.4, -0.2) is 23.8 Å². The van der Waals surface area contributed by atoms with Gasteiger partial charge in [0.05, 0.1) is 6.61 Å². The van der Waals surface area contributed by atoms with Crippen LogP contribution in [0.15, 0.2) is 48.5 Å². The summed E-state index contributed by atoms with van der Waals surface area (Å²) in [6.45, 7) is 4.33. The van der Waals surface area contributed by atoms with Crippen molar-refractivity contribution in [1.82, 2.24) is 0 Å².